The Bertz CT molecular complexity index is 3490. The van der Waals surface area contributed by atoms with Crippen molar-refractivity contribution >= 4 is 82.5 Å². The number of aromatic nitrogens is 1. The smallest absolute Gasteiger partial charge is 0.343 e. The number of pyridine rings is 1. The van der Waals surface area contributed by atoms with Crippen molar-refractivity contribution in [1.82, 2.24) is 65.0 Å². The molecule has 3 N–H and O–H groups in total. The van der Waals surface area contributed by atoms with E-state index in [2.05, 4.69) is 20.9 Å². The van der Waals surface area contributed by atoms with Gasteiger partial charge in [-0.05, 0) is 130 Å². The summed E-state index contributed by atoms with van der Waals surface area (Å²) < 4.78 is 42.0. The molecule has 3 heterocycles. The van der Waals surface area contributed by atoms with Crippen molar-refractivity contribution in [2.75, 3.05) is 89.1 Å². The molecule has 2 aromatic rings. The minimum atomic E-state index is -4.79. The van der Waals surface area contributed by atoms with Crippen LogP contribution in [-0.2, 0) is 76.6 Å². The number of nitrogens with one attached hydrogen (secondary N) is 3. The Balaban J connectivity index is 1.34. The largest absolute Gasteiger partial charge is 0.417 e. The maximum atomic E-state index is 16.0. The minimum Gasteiger partial charge on any atom is -0.343 e. The highest BCUT2D eigenvalue weighted by atomic mass is 35.5. The van der Waals surface area contributed by atoms with E-state index in [-0.39, 0.29) is 62.3 Å². The second-order valence-corrected chi connectivity index (χ2v) is 31.9. The van der Waals surface area contributed by atoms with Gasteiger partial charge in [0, 0.05) is 88.3 Å². The van der Waals surface area contributed by atoms with Crippen LogP contribution in [-0.4, -0.2) is 257 Å². The third-order valence-corrected chi connectivity index (χ3v) is 23.3. The number of carbonyl (C=O) groups excluding carboxylic acids is 12. The molecule has 7 rings (SSSR count). The summed E-state index contributed by atoms with van der Waals surface area (Å²) in [6, 6.07) is -4.30. The van der Waals surface area contributed by atoms with Crippen LogP contribution in [0.5, 0.6) is 0 Å². The second-order valence-electron chi connectivity index (χ2n) is 31.5. The van der Waals surface area contributed by atoms with Gasteiger partial charge in [-0.3, -0.25) is 62.5 Å². The Hall–Kier alpha value is -7.91. The van der Waals surface area contributed by atoms with Gasteiger partial charge in [-0.15, -0.1) is 0 Å². The van der Waals surface area contributed by atoms with Gasteiger partial charge < -0.3 is 60.0 Å². The Morgan fingerprint density at radius 3 is 1.81 bits per heavy atom. The summed E-state index contributed by atoms with van der Waals surface area (Å²) in [4.78, 5) is 198. The average Bonchev–Trinajstić information content (AvgIpc) is 1.76. The Morgan fingerprint density at radius 1 is 0.617 bits per heavy atom. The van der Waals surface area contributed by atoms with E-state index in [1.54, 1.807) is 31.0 Å². The summed E-state index contributed by atoms with van der Waals surface area (Å²) in [6.07, 6.45) is 8.93. The summed E-state index contributed by atoms with van der Waals surface area (Å²) in [5.41, 5.74) is -1.27. The van der Waals surface area contributed by atoms with Crippen molar-refractivity contribution in [2.24, 2.45) is 23.7 Å². The molecule has 594 valence electrons. The summed E-state index contributed by atoms with van der Waals surface area (Å²) in [5.74, 6) is -9.22. The highest BCUT2D eigenvalue weighted by Crippen LogP contribution is 2.38. The number of hydrogen-bond donors (Lipinski definition) is 3. The van der Waals surface area contributed by atoms with Crippen LogP contribution in [0.15, 0.2) is 36.7 Å². The number of benzene rings is 1. The molecule has 2 saturated heterocycles. The van der Waals surface area contributed by atoms with Gasteiger partial charge in [-0.25, -0.2) is 0 Å². The maximum Gasteiger partial charge on any atom is 0.417 e. The van der Waals surface area contributed by atoms with E-state index in [0.717, 1.165) is 89.5 Å². The molecule has 0 bridgehead atoms. The van der Waals surface area contributed by atoms with E-state index in [9.17, 15) is 41.9 Å². The highest BCUT2D eigenvalue weighted by molar-refractivity contribution is 6.31. The van der Waals surface area contributed by atoms with Gasteiger partial charge in [0.05, 0.1) is 36.6 Å². The highest BCUT2D eigenvalue weighted by Gasteiger charge is 2.51. The molecule has 2 aliphatic heterocycles. The van der Waals surface area contributed by atoms with Crippen molar-refractivity contribution in [2.45, 2.75) is 243 Å². The number of aryl methyl sites for hydroxylation is 2. The maximum absolute atomic E-state index is 16.0. The van der Waals surface area contributed by atoms with Crippen LogP contribution in [0.25, 0.3) is 0 Å². The lowest BCUT2D eigenvalue weighted by Gasteiger charge is -2.43. The fourth-order valence-electron chi connectivity index (χ4n) is 16.1. The van der Waals surface area contributed by atoms with Crippen LogP contribution in [0, 0.1) is 30.6 Å². The number of hydrogen-bond acceptors (Lipinski definition) is 13. The average molecular weight is 1520 g/mol. The van der Waals surface area contributed by atoms with Gasteiger partial charge in [-0.1, -0.05) is 122 Å². The summed E-state index contributed by atoms with van der Waals surface area (Å²) >= 11 is 6.22. The first-order valence-corrected chi connectivity index (χ1v) is 38.9. The Labute approximate surface area is 634 Å². The monoisotopic (exact) mass is 1520 g/mol. The number of likely N-dealkylation sites (tertiary alicyclic amines) is 1. The first kappa shape index (κ1) is 86.3. The number of nitrogens with zero attached hydrogens (tertiary/aromatic N) is 10. The molecule has 1 aromatic carbocycles. The van der Waals surface area contributed by atoms with Crippen LogP contribution in [0.4, 0.5) is 13.2 Å². The molecule has 12 amide bonds. The second kappa shape index (κ2) is 38.9. The van der Waals surface area contributed by atoms with Crippen LogP contribution in [0.3, 0.4) is 0 Å². The van der Waals surface area contributed by atoms with E-state index in [0.29, 0.717) is 69.2 Å². The quantitative estimate of drug-likeness (QED) is 0.179. The molecular weight excluding hydrogens is 1400 g/mol. The summed E-state index contributed by atoms with van der Waals surface area (Å²) in [6.45, 7) is 8.11. The summed E-state index contributed by atoms with van der Waals surface area (Å²) in [5, 5.41) is 8.20. The van der Waals surface area contributed by atoms with E-state index in [1.165, 1.54) is 88.2 Å². The van der Waals surface area contributed by atoms with Gasteiger partial charge in [-0.2, -0.15) is 13.2 Å². The molecule has 25 nitrogen and oxygen atoms in total. The molecule has 5 fully saturated rings. The molecular formula is C78H117ClF3N13O12. The lowest BCUT2D eigenvalue weighted by molar-refractivity contribution is -0.157. The van der Waals surface area contributed by atoms with Crippen molar-refractivity contribution < 1.29 is 70.7 Å². The number of carbonyl (C=O) groups is 12. The van der Waals surface area contributed by atoms with Gasteiger partial charge in [0.1, 0.15) is 47.8 Å². The zero-order valence-electron chi connectivity index (χ0n) is 65.2. The van der Waals surface area contributed by atoms with Crippen molar-refractivity contribution in [3.8, 4) is 0 Å². The van der Waals surface area contributed by atoms with Crippen LogP contribution >= 0.6 is 11.6 Å². The van der Waals surface area contributed by atoms with Crippen molar-refractivity contribution in [3.63, 3.8) is 0 Å². The van der Waals surface area contributed by atoms with Gasteiger partial charge in [0.25, 0.3) is 0 Å². The number of amides is 12. The molecule has 5 aliphatic rings. The van der Waals surface area contributed by atoms with E-state index < -0.39 is 173 Å². The number of alkyl halides is 3. The Morgan fingerprint density at radius 2 is 1.21 bits per heavy atom. The van der Waals surface area contributed by atoms with E-state index >= 15 is 28.8 Å². The summed E-state index contributed by atoms with van der Waals surface area (Å²) in [7, 11) is 11.3. The molecule has 3 aliphatic carbocycles. The number of likely N-dealkylation sites (N-methyl/N-ethyl adjacent to an activating group) is 8. The molecule has 29 heteroatoms. The Kier molecular flexibility index (Phi) is 31.4. The molecule has 0 unspecified atom stereocenters. The van der Waals surface area contributed by atoms with Crippen molar-refractivity contribution in [1.29, 1.82) is 0 Å². The predicted molar refractivity (Wildman–Crippen MR) is 398 cm³/mol. The van der Waals surface area contributed by atoms with E-state index in [4.69, 9.17) is 11.6 Å². The molecule has 8 atom stereocenters. The van der Waals surface area contributed by atoms with Crippen LogP contribution < -0.4 is 16.0 Å². The number of halogens is 4. The lowest BCUT2D eigenvalue weighted by atomic mass is 9.81. The fourth-order valence-corrected chi connectivity index (χ4v) is 16.4. The molecule has 107 heavy (non-hydrogen) atoms. The van der Waals surface area contributed by atoms with Gasteiger partial charge >= 0.3 is 6.18 Å². The van der Waals surface area contributed by atoms with Crippen molar-refractivity contribution in [3.05, 3.63) is 63.9 Å². The predicted octanol–water partition coefficient (Wildman–Crippen LogP) is 7.21. The third-order valence-electron chi connectivity index (χ3n) is 23.0. The molecule has 1 spiro atoms. The molecule has 3 saturated carbocycles. The lowest BCUT2D eigenvalue weighted by Crippen LogP contribution is -2.66. The van der Waals surface area contributed by atoms with Crippen LogP contribution in [0.1, 0.15) is 191 Å². The molecule has 1 aromatic heterocycles. The SMILES string of the molecule is CC[C@H](C)[C@@H]1NC(=O)[C@H](CC(C)C)N(C)C(=O)C[C@@H](C(=O)N2CCCCC2)N(C)C(=O)[C@H](C2CCCCC2)N(C)C(=O)C2(CCCC2)NC(=O)[C@H](Cc2cncc(C)c2)N(C)C(=O)[C@H](CCc2ccc(C(F)(F)F)c(Cl)c2)NC(=O)CN(C)C(=O)[C@H](CC2CCCCC2)N(C)C(=O)CN(C)C(=O)CN(C)C1=O. The van der Waals surface area contributed by atoms with E-state index in [1.807, 2.05) is 20.8 Å². The molecule has 0 radical (unpaired) electrons. The first-order chi connectivity index (χ1) is 50.5. The fraction of sp³-hybridized carbons (Fsp3) is 0.705. The topological polar surface area (TPSA) is 283 Å². The first-order valence-electron chi connectivity index (χ1n) is 38.5. The third kappa shape index (κ3) is 22.6. The minimum absolute atomic E-state index is 0.00268. The zero-order chi connectivity index (χ0) is 78.9. The standard InChI is InChI=1S/C78H117ClF3N13O12/c1-14-51(5)67-74(105)89(8)47-65(98)87(6)48-66(99)91(10)61(41-52-26-18-15-19-27-52)72(103)88(7)46-63(96)84-58(33-31-53-30-32-56(57(79)40-53)78(80,81)82)71(102)92(11)60(42-54-39-50(4)44-83-45-54)70(101)86-77(34-22-23-35-77)76(107)94(13)68(55-28-20-16-21-29-55)75(106)93(12)62(73(104)95-36-24-17-25-37-95)43-64(97)90(9)59(38-49(2)3)69(100)85-67/h30,32,39-40,44-45,49,51-52,55,58-62,67-68H,14-29,31,33-38,41-43,46-48H2,1-13H3,(H,84,96)(H,85,100)(H,86,101)/t51-,58-,59-,60-,61-,62-,67-,68-/m0/s1. The van der Waals surface area contributed by atoms with Gasteiger partial charge in [0.15, 0.2) is 0 Å². The van der Waals surface area contributed by atoms with Crippen LogP contribution in [0.2, 0.25) is 5.02 Å². The zero-order valence-corrected chi connectivity index (χ0v) is 66.0. The number of piperidine rings is 1. The number of rotatable bonds is 13. The van der Waals surface area contributed by atoms with Gasteiger partial charge in [0.2, 0.25) is 70.9 Å². The normalized spacial score (nSPS) is 25.4.